The predicted molar refractivity (Wildman–Crippen MR) is 121 cm³/mol. The van der Waals surface area contributed by atoms with Crippen molar-refractivity contribution >= 4 is 42.1 Å². The highest BCUT2D eigenvalue weighted by atomic mass is 35.5. The molecule has 1 atom stereocenters. The highest BCUT2D eigenvalue weighted by Gasteiger charge is 2.25. The van der Waals surface area contributed by atoms with Crippen molar-refractivity contribution in [2.45, 2.75) is 51.7 Å². The molecule has 1 saturated heterocycles. The van der Waals surface area contributed by atoms with E-state index >= 15 is 0 Å². The van der Waals surface area contributed by atoms with Gasteiger partial charge in [0.05, 0.1) is 11.7 Å². The lowest BCUT2D eigenvalue weighted by molar-refractivity contribution is 0.0927. The highest BCUT2D eigenvalue weighted by Crippen LogP contribution is 2.25. The van der Waals surface area contributed by atoms with Gasteiger partial charge < -0.3 is 10.6 Å². The molecule has 2 aromatic heterocycles. The third kappa shape index (κ3) is 5.30. The van der Waals surface area contributed by atoms with Crippen LogP contribution in [0.1, 0.15) is 52.4 Å². The largest absolute Gasteiger partial charge is 0.349 e. The van der Waals surface area contributed by atoms with Gasteiger partial charge in [-0.3, -0.25) is 9.69 Å². The number of piperidine rings is 1. The predicted octanol–water partition coefficient (Wildman–Crippen LogP) is 2.59. The van der Waals surface area contributed by atoms with Crippen molar-refractivity contribution in [2.24, 2.45) is 0 Å². The molecule has 2 aliphatic heterocycles. The molecule has 2 N–H and O–H groups in total. The van der Waals surface area contributed by atoms with Crippen molar-refractivity contribution < 1.29 is 4.79 Å². The van der Waals surface area contributed by atoms with Gasteiger partial charge in [0.2, 0.25) is 0 Å². The third-order valence-corrected chi connectivity index (χ3v) is 6.84. The number of carbonyl (C=O) groups is 1. The van der Waals surface area contributed by atoms with E-state index in [0.717, 1.165) is 51.1 Å². The van der Waals surface area contributed by atoms with E-state index in [0.29, 0.717) is 24.3 Å². The maximum Gasteiger partial charge on any atom is 0.273 e. The Morgan fingerprint density at radius 3 is 2.90 bits per heavy atom. The quantitative estimate of drug-likeness (QED) is 0.716. The first-order valence-corrected chi connectivity index (χ1v) is 10.7. The SMILES string of the molecule is Cc1c(C(=O)NCC(C)N2CCc3sccc3C2)nnn1C1CCNCC1.Cl.Cl. The maximum absolute atomic E-state index is 12.6. The Hall–Kier alpha value is -1.19. The number of thiophene rings is 1. The van der Waals surface area contributed by atoms with Crippen molar-refractivity contribution in [3.8, 4) is 0 Å². The van der Waals surface area contributed by atoms with E-state index < -0.39 is 0 Å². The van der Waals surface area contributed by atoms with E-state index in [1.165, 1.54) is 10.4 Å². The molecule has 4 rings (SSSR count). The van der Waals surface area contributed by atoms with Crippen LogP contribution in [0, 0.1) is 6.92 Å². The number of amides is 1. The molecule has 7 nitrogen and oxygen atoms in total. The Kier molecular flexibility index (Phi) is 8.91. The molecular formula is C19H30Cl2N6OS. The third-order valence-electron chi connectivity index (χ3n) is 5.82. The summed E-state index contributed by atoms with van der Waals surface area (Å²) in [6.45, 7) is 8.75. The Labute approximate surface area is 188 Å². The molecule has 0 spiro atoms. The summed E-state index contributed by atoms with van der Waals surface area (Å²) < 4.78 is 1.93. The summed E-state index contributed by atoms with van der Waals surface area (Å²) in [5.41, 5.74) is 2.76. The van der Waals surface area contributed by atoms with Gasteiger partial charge in [0.25, 0.3) is 5.91 Å². The number of hydrogen-bond donors (Lipinski definition) is 2. The summed E-state index contributed by atoms with van der Waals surface area (Å²) in [4.78, 5) is 16.6. The monoisotopic (exact) mass is 460 g/mol. The molecule has 162 valence electrons. The fourth-order valence-electron chi connectivity index (χ4n) is 4.05. The van der Waals surface area contributed by atoms with Crippen LogP contribution in [0.25, 0.3) is 0 Å². The summed E-state index contributed by atoms with van der Waals surface area (Å²) in [6.07, 6.45) is 3.17. The topological polar surface area (TPSA) is 75.1 Å². The molecule has 0 saturated carbocycles. The lowest BCUT2D eigenvalue weighted by atomic mass is 10.1. The molecule has 0 bridgehead atoms. The van der Waals surface area contributed by atoms with Crippen molar-refractivity contribution in [2.75, 3.05) is 26.2 Å². The molecule has 10 heteroatoms. The van der Waals surface area contributed by atoms with Gasteiger partial charge in [0, 0.05) is 30.6 Å². The standard InChI is InChI=1S/C19H28N6OS.2ClH/c1-13(24-9-5-17-15(12-24)6-10-27-17)11-21-19(26)18-14(2)25(23-22-18)16-3-7-20-8-4-16;;/h6,10,13,16,20H,3-5,7-9,11-12H2,1-2H3,(H,21,26);2*1H. The van der Waals surface area contributed by atoms with E-state index in [4.69, 9.17) is 0 Å². The van der Waals surface area contributed by atoms with Crippen LogP contribution in [0.5, 0.6) is 0 Å². The molecule has 1 unspecified atom stereocenters. The van der Waals surface area contributed by atoms with Crippen molar-refractivity contribution in [3.05, 3.63) is 33.3 Å². The number of hydrogen-bond acceptors (Lipinski definition) is 6. The van der Waals surface area contributed by atoms with E-state index in [9.17, 15) is 4.79 Å². The molecule has 0 radical (unpaired) electrons. The van der Waals surface area contributed by atoms with Gasteiger partial charge in [-0.15, -0.1) is 41.2 Å². The molecular weight excluding hydrogens is 431 g/mol. The second-order valence-electron chi connectivity index (χ2n) is 7.60. The van der Waals surface area contributed by atoms with E-state index in [1.807, 2.05) is 22.9 Å². The first kappa shape index (κ1) is 24.1. The summed E-state index contributed by atoms with van der Waals surface area (Å²) in [5, 5.41) is 17.0. The molecule has 0 aromatic carbocycles. The minimum atomic E-state index is -0.118. The van der Waals surface area contributed by atoms with Gasteiger partial charge in [-0.2, -0.15) is 0 Å². The Morgan fingerprint density at radius 2 is 2.14 bits per heavy atom. The molecule has 1 fully saturated rings. The summed E-state index contributed by atoms with van der Waals surface area (Å²) >= 11 is 1.85. The van der Waals surface area contributed by atoms with E-state index in [2.05, 4.69) is 44.2 Å². The first-order valence-electron chi connectivity index (χ1n) is 9.83. The minimum absolute atomic E-state index is 0. The number of fused-ring (bicyclic) bond motifs is 1. The van der Waals surface area contributed by atoms with Gasteiger partial charge >= 0.3 is 0 Å². The molecule has 2 aromatic rings. The first-order chi connectivity index (χ1) is 13.1. The lowest BCUT2D eigenvalue weighted by Crippen LogP contribution is -2.44. The van der Waals surface area contributed by atoms with Crippen LogP contribution in [0.2, 0.25) is 0 Å². The second-order valence-corrected chi connectivity index (χ2v) is 8.60. The lowest BCUT2D eigenvalue weighted by Gasteiger charge is -2.32. The average molecular weight is 461 g/mol. The molecule has 2 aliphatic rings. The van der Waals surface area contributed by atoms with Crippen LogP contribution in [-0.4, -0.2) is 58.0 Å². The fraction of sp³-hybridized carbons (Fsp3) is 0.632. The van der Waals surface area contributed by atoms with Gasteiger partial charge in [-0.05, 0) is 63.2 Å². The zero-order valence-electron chi connectivity index (χ0n) is 16.9. The number of rotatable bonds is 5. The highest BCUT2D eigenvalue weighted by molar-refractivity contribution is 7.10. The van der Waals surface area contributed by atoms with E-state index in [-0.39, 0.29) is 30.7 Å². The smallest absolute Gasteiger partial charge is 0.273 e. The van der Waals surface area contributed by atoms with Crippen molar-refractivity contribution in [3.63, 3.8) is 0 Å². The Morgan fingerprint density at radius 1 is 1.38 bits per heavy atom. The fourth-order valence-corrected chi connectivity index (χ4v) is 4.94. The Balaban J connectivity index is 0.00000150. The van der Waals surface area contributed by atoms with Crippen LogP contribution in [-0.2, 0) is 13.0 Å². The second kappa shape index (κ2) is 10.7. The molecule has 29 heavy (non-hydrogen) atoms. The molecule has 4 heterocycles. The van der Waals surface area contributed by atoms with Crippen LogP contribution in [0.4, 0.5) is 0 Å². The van der Waals surface area contributed by atoms with E-state index in [1.54, 1.807) is 0 Å². The van der Waals surface area contributed by atoms with Crippen LogP contribution in [0.3, 0.4) is 0 Å². The van der Waals surface area contributed by atoms with Crippen molar-refractivity contribution in [1.82, 2.24) is 30.5 Å². The minimum Gasteiger partial charge on any atom is -0.349 e. The van der Waals surface area contributed by atoms with Gasteiger partial charge in [0.15, 0.2) is 5.69 Å². The number of carbonyl (C=O) groups excluding carboxylic acids is 1. The van der Waals surface area contributed by atoms with Crippen molar-refractivity contribution in [1.29, 1.82) is 0 Å². The number of aromatic nitrogens is 3. The Bertz CT molecular complexity index is 804. The van der Waals surface area contributed by atoms with Crippen LogP contribution >= 0.6 is 36.2 Å². The van der Waals surface area contributed by atoms with Crippen LogP contribution in [0.15, 0.2) is 11.4 Å². The summed E-state index contributed by atoms with van der Waals surface area (Å²) in [7, 11) is 0. The summed E-state index contributed by atoms with van der Waals surface area (Å²) in [6, 6.07) is 2.86. The number of nitrogens with one attached hydrogen (secondary N) is 2. The molecule has 0 aliphatic carbocycles. The number of halogens is 2. The van der Waals surface area contributed by atoms with Gasteiger partial charge in [-0.1, -0.05) is 5.21 Å². The van der Waals surface area contributed by atoms with Gasteiger partial charge in [-0.25, -0.2) is 4.68 Å². The van der Waals surface area contributed by atoms with Crippen LogP contribution < -0.4 is 10.6 Å². The maximum atomic E-state index is 12.6. The zero-order valence-corrected chi connectivity index (χ0v) is 19.3. The molecule has 1 amide bonds. The summed E-state index contributed by atoms with van der Waals surface area (Å²) in [5.74, 6) is -0.118. The normalized spacial score (nSPS) is 18.3. The zero-order chi connectivity index (χ0) is 18.8. The number of nitrogens with zero attached hydrogens (tertiary/aromatic N) is 4. The average Bonchev–Trinajstić information content (AvgIpc) is 3.32. The van der Waals surface area contributed by atoms with Gasteiger partial charge in [0.1, 0.15) is 0 Å².